The van der Waals surface area contributed by atoms with Gasteiger partial charge in [-0.15, -0.1) is 0 Å². The van der Waals surface area contributed by atoms with Crippen LogP contribution in [0.5, 0.6) is 0 Å². The summed E-state index contributed by atoms with van der Waals surface area (Å²) in [5, 5.41) is 1.21. The Morgan fingerprint density at radius 1 is 0.895 bits per heavy atom. The second-order valence-corrected chi connectivity index (χ2v) is 11.3. The lowest BCUT2D eigenvalue weighted by Gasteiger charge is -2.34. The highest BCUT2D eigenvalue weighted by Gasteiger charge is 2.27. The number of aryl methyl sites for hydroxylation is 1. The van der Waals surface area contributed by atoms with Crippen molar-refractivity contribution in [2.75, 3.05) is 51.6 Å². The Balaban J connectivity index is 1.13. The topological polar surface area (TPSA) is 62.7 Å². The van der Waals surface area contributed by atoms with Crippen molar-refractivity contribution in [3.05, 3.63) is 35.5 Å². The number of hydrogen-bond donors (Lipinski definition) is 1. The van der Waals surface area contributed by atoms with Crippen LogP contribution >= 0.6 is 0 Å². The molecule has 6 heteroatoms. The van der Waals surface area contributed by atoms with E-state index in [1.165, 1.54) is 67.1 Å². The van der Waals surface area contributed by atoms with Gasteiger partial charge in [0.2, 0.25) is 5.52 Å². The zero-order chi connectivity index (χ0) is 26.6. The van der Waals surface area contributed by atoms with Crippen molar-refractivity contribution < 1.29 is 14.1 Å². The third-order valence-electron chi connectivity index (χ3n) is 8.55. The molecule has 1 fully saturated rings. The van der Waals surface area contributed by atoms with Crippen LogP contribution in [0.1, 0.15) is 88.8 Å². The lowest BCUT2D eigenvalue weighted by Crippen LogP contribution is -2.48. The smallest absolute Gasteiger partial charge is 0.305 e. The van der Waals surface area contributed by atoms with Crippen LogP contribution in [0.2, 0.25) is 0 Å². The van der Waals surface area contributed by atoms with E-state index in [0.717, 1.165) is 83.6 Å². The van der Waals surface area contributed by atoms with Gasteiger partial charge in [0.1, 0.15) is 6.61 Å². The Hall–Kier alpha value is -2.18. The summed E-state index contributed by atoms with van der Waals surface area (Å²) in [4.78, 5) is 17.1. The summed E-state index contributed by atoms with van der Waals surface area (Å²) in [6.07, 6.45) is 15.1. The Bertz CT molecular complexity index is 1020. The molecule has 6 nitrogen and oxygen atoms in total. The third-order valence-corrected chi connectivity index (χ3v) is 8.55. The number of fused-ring (bicyclic) bond motifs is 2. The number of anilines is 1. The van der Waals surface area contributed by atoms with E-state index in [9.17, 15) is 4.79 Å². The first-order valence-corrected chi connectivity index (χ1v) is 15.5. The molecular weight excluding hydrogens is 472 g/mol. The zero-order valence-electron chi connectivity index (χ0n) is 23.9. The van der Waals surface area contributed by atoms with Gasteiger partial charge in [-0.2, -0.15) is 4.57 Å². The van der Waals surface area contributed by atoms with Crippen molar-refractivity contribution in [3.63, 3.8) is 0 Å². The molecule has 0 bridgehead atoms. The van der Waals surface area contributed by atoms with Gasteiger partial charge in [-0.05, 0) is 31.7 Å². The van der Waals surface area contributed by atoms with Gasteiger partial charge >= 0.3 is 5.97 Å². The maximum Gasteiger partial charge on any atom is 0.305 e. The predicted octanol–water partition coefficient (Wildman–Crippen LogP) is 5.28. The largest absolute Gasteiger partial charge is 0.464 e. The summed E-state index contributed by atoms with van der Waals surface area (Å²) in [6.45, 7) is 10.1. The molecule has 38 heavy (non-hydrogen) atoms. The number of esters is 1. The maximum absolute atomic E-state index is 12.0. The van der Waals surface area contributed by atoms with E-state index in [4.69, 9.17) is 10.5 Å². The number of benzene rings is 1. The molecule has 1 aliphatic carbocycles. The maximum atomic E-state index is 12.0. The van der Waals surface area contributed by atoms with Gasteiger partial charge in [-0.25, -0.2) is 0 Å². The number of nitrogens with two attached hydrogens (primary N) is 1. The number of carbonyl (C=O) groups excluding carboxylic acids is 1. The van der Waals surface area contributed by atoms with Crippen molar-refractivity contribution in [2.24, 2.45) is 0 Å². The van der Waals surface area contributed by atoms with Crippen LogP contribution in [0.3, 0.4) is 0 Å². The highest BCUT2D eigenvalue weighted by molar-refractivity contribution is 5.90. The molecule has 0 spiro atoms. The fraction of sp³-hybridized carbons (Fsp3) is 0.688. The van der Waals surface area contributed by atoms with Gasteiger partial charge in [0.15, 0.2) is 12.2 Å². The number of para-hydroxylation sites is 1. The van der Waals surface area contributed by atoms with Crippen molar-refractivity contribution >= 4 is 22.6 Å². The van der Waals surface area contributed by atoms with Crippen molar-refractivity contribution in [3.8, 4) is 0 Å². The minimum atomic E-state index is -0.0212. The number of pyridine rings is 1. The molecule has 1 saturated heterocycles. The Kier molecular flexibility index (Phi) is 11.7. The summed E-state index contributed by atoms with van der Waals surface area (Å²) < 4.78 is 8.08. The second kappa shape index (κ2) is 15.4. The molecule has 2 heterocycles. The van der Waals surface area contributed by atoms with Crippen LogP contribution in [0, 0.1) is 0 Å². The standard InChI is InChI=1S/C32H50N4O2/c1-2-3-4-5-6-7-8-18-31(37)38-26-25-35-23-21-34(22-24-35)19-13-20-36-29-16-11-9-14-27(29)32(33)28-15-10-12-17-30(28)36/h9,11,14,16,33H,2-8,10,12-13,15,17-26H2,1H3/p+1. The van der Waals surface area contributed by atoms with Crippen molar-refractivity contribution in [2.45, 2.75) is 96.9 Å². The molecule has 1 aromatic carbocycles. The second-order valence-electron chi connectivity index (χ2n) is 11.3. The number of hydrogen-bond acceptors (Lipinski definition) is 5. The highest BCUT2D eigenvalue weighted by atomic mass is 16.5. The Morgan fingerprint density at radius 2 is 1.58 bits per heavy atom. The van der Waals surface area contributed by atoms with Crippen LogP contribution in [-0.4, -0.2) is 61.6 Å². The molecule has 0 atom stereocenters. The molecule has 2 N–H and O–H groups in total. The molecule has 1 aromatic heterocycles. The van der Waals surface area contributed by atoms with Crippen molar-refractivity contribution in [1.82, 2.24) is 9.80 Å². The summed E-state index contributed by atoms with van der Waals surface area (Å²) in [5.74, 6) is -0.0212. The van der Waals surface area contributed by atoms with E-state index >= 15 is 0 Å². The fourth-order valence-electron chi connectivity index (χ4n) is 6.25. The Labute approximate surface area is 230 Å². The van der Waals surface area contributed by atoms with E-state index in [1.54, 1.807) is 0 Å². The molecule has 0 unspecified atom stereocenters. The average Bonchev–Trinajstić information content (AvgIpc) is 2.95. The van der Waals surface area contributed by atoms with E-state index in [2.05, 4.69) is 45.6 Å². The number of nitrogens with zero attached hydrogens (tertiary/aromatic N) is 3. The van der Waals surface area contributed by atoms with E-state index in [-0.39, 0.29) is 5.97 Å². The average molecular weight is 524 g/mol. The monoisotopic (exact) mass is 523 g/mol. The number of ether oxygens (including phenoxy) is 1. The number of piperazine rings is 1. The summed E-state index contributed by atoms with van der Waals surface area (Å²) in [6, 6.07) is 8.66. The van der Waals surface area contributed by atoms with Crippen LogP contribution in [0.25, 0.3) is 10.9 Å². The molecular formula is C32H51N4O2+. The number of carbonyl (C=O) groups is 1. The molecule has 0 saturated carbocycles. The van der Waals surface area contributed by atoms with Gasteiger partial charge in [0.25, 0.3) is 0 Å². The lowest BCUT2D eigenvalue weighted by molar-refractivity contribution is -0.679. The minimum absolute atomic E-state index is 0.0212. The first-order valence-electron chi connectivity index (χ1n) is 15.5. The third kappa shape index (κ3) is 8.16. The zero-order valence-corrected chi connectivity index (χ0v) is 23.9. The lowest BCUT2D eigenvalue weighted by atomic mass is 9.92. The molecule has 1 aliphatic heterocycles. The van der Waals surface area contributed by atoms with Crippen molar-refractivity contribution in [1.29, 1.82) is 0 Å². The molecule has 0 amide bonds. The van der Waals surface area contributed by atoms with E-state index < -0.39 is 0 Å². The first-order chi connectivity index (χ1) is 18.7. The number of unbranched alkanes of at least 4 members (excludes halogenated alkanes) is 6. The summed E-state index contributed by atoms with van der Waals surface area (Å²) in [5.41, 5.74) is 11.8. The molecule has 2 aromatic rings. The molecule has 4 rings (SSSR count). The number of rotatable bonds is 15. The van der Waals surface area contributed by atoms with Gasteiger partial charge < -0.3 is 15.4 Å². The number of aromatic nitrogens is 1. The van der Waals surface area contributed by atoms with E-state index in [1.807, 2.05) is 0 Å². The van der Waals surface area contributed by atoms with Crippen LogP contribution in [-0.2, 0) is 28.9 Å². The molecule has 210 valence electrons. The Morgan fingerprint density at radius 3 is 2.37 bits per heavy atom. The van der Waals surface area contributed by atoms with E-state index in [0.29, 0.717) is 13.0 Å². The predicted molar refractivity (Wildman–Crippen MR) is 156 cm³/mol. The first kappa shape index (κ1) is 28.8. The summed E-state index contributed by atoms with van der Waals surface area (Å²) >= 11 is 0. The van der Waals surface area contributed by atoms with Gasteiger partial charge in [-0.1, -0.05) is 57.6 Å². The van der Waals surface area contributed by atoms with Gasteiger partial charge in [-0.3, -0.25) is 9.69 Å². The molecule has 0 radical (unpaired) electrons. The summed E-state index contributed by atoms with van der Waals surface area (Å²) in [7, 11) is 0. The fourth-order valence-corrected chi connectivity index (χ4v) is 6.25. The van der Waals surface area contributed by atoms with Crippen LogP contribution in [0.15, 0.2) is 24.3 Å². The van der Waals surface area contributed by atoms with Crippen LogP contribution < -0.4 is 10.3 Å². The highest BCUT2D eigenvalue weighted by Crippen LogP contribution is 2.30. The van der Waals surface area contributed by atoms with Crippen LogP contribution in [0.4, 0.5) is 5.69 Å². The van der Waals surface area contributed by atoms with Gasteiger partial charge in [0, 0.05) is 70.2 Å². The molecule has 2 aliphatic rings. The number of nitrogen functional groups attached to an aromatic ring is 1. The van der Waals surface area contributed by atoms with Gasteiger partial charge in [0.05, 0.1) is 11.1 Å². The quantitative estimate of drug-likeness (QED) is 0.196. The SMILES string of the molecule is CCCCCCCCCC(=O)OCCN1CCN(CCC[n+]2c3c(c(N)c4ccccc42)CCCC3)CC1. The normalized spacial score (nSPS) is 16.6. The minimum Gasteiger partial charge on any atom is -0.464 e.